The number of aromatic nitrogens is 2. The van der Waals surface area contributed by atoms with Crippen LogP contribution in [0.3, 0.4) is 0 Å². The monoisotopic (exact) mass is 465 g/mol. The minimum absolute atomic E-state index is 0.179. The number of hydrogen-bond acceptors (Lipinski definition) is 5. The summed E-state index contributed by atoms with van der Waals surface area (Å²) < 4.78 is 6.88. The molecule has 182 valence electrons. The molecule has 8 nitrogen and oxygen atoms in total. The molecule has 3 rings (SSSR count). The quantitative estimate of drug-likeness (QED) is 0.574. The zero-order chi connectivity index (χ0) is 25.0. The molecule has 0 aliphatic rings. The maximum absolute atomic E-state index is 13.7. The summed E-state index contributed by atoms with van der Waals surface area (Å²) in [6.07, 6.45) is 0. The van der Waals surface area contributed by atoms with Crippen LogP contribution in [0, 0.1) is 0 Å². The van der Waals surface area contributed by atoms with Crippen molar-refractivity contribution in [1.82, 2.24) is 24.7 Å². The van der Waals surface area contributed by atoms with Crippen molar-refractivity contribution in [2.45, 2.75) is 39.3 Å². The van der Waals surface area contributed by atoms with Crippen molar-refractivity contribution in [3.8, 4) is 11.4 Å². The van der Waals surface area contributed by atoms with Crippen LogP contribution in [-0.2, 0) is 0 Å². The van der Waals surface area contributed by atoms with Crippen molar-refractivity contribution >= 4 is 16.9 Å². The van der Waals surface area contributed by atoms with Crippen LogP contribution in [0.25, 0.3) is 16.6 Å². The summed E-state index contributed by atoms with van der Waals surface area (Å²) in [7, 11) is 5.53. The first-order chi connectivity index (χ1) is 16.0. The molecular formula is C26H35N5O3. The van der Waals surface area contributed by atoms with Crippen LogP contribution in [-0.4, -0.2) is 65.2 Å². The zero-order valence-corrected chi connectivity index (χ0v) is 21.1. The molecule has 0 radical (unpaired) electrons. The lowest BCUT2D eigenvalue weighted by Crippen LogP contribution is -2.51. The predicted molar refractivity (Wildman–Crippen MR) is 136 cm³/mol. The largest absolute Gasteiger partial charge is 0.497 e. The average Bonchev–Trinajstić information content (AvgIpc) is 2.77. The highest BCUT2D eigenvalue weighted by Crippen LogP contribution is 2.24. The van der Waals surface area contributed by atoms with E-state index >= 15 is 0 Å². The predicted octanol–water partition coefficient (Wildman–Crippen LogP) is 3.83. The number of nitrogens with zero attached hydrogens (tertiary/aromatic N) is 4. The zero-order valence-electron chi connectivity index (χ0n) is 21.1. The first-order valence-electron chi connectivity index (χ1n) is 11.4. The number of ether oxygens (including phenoxy) is 1. The molecule has 34 heavy (non-hydrogen) atoms. The molecule has 8 heteroatoms. The molecule has 2 aromatic carbocycles. The molecule has 0 fully saturated rings. The van der Waals surface area contributed by atoms with Crippen LogP contribution in [0.2, 0.25) is 0 Å². The summed E-state index contributed by atoms with van der Waals surface area (Å²) in [4.78, 5) is 35.6. The molecule has 0 bridgehead atoms. The number of likely N-dealkylation sites (N-methyl/N-ethyl adjacent to an activating group) is 1. The molecule has 0 saturated heterocycles. The smallest absolute Gasteiger partial charge is 0.318 e. The number of carbonyl (C=O) groups excluding carboxylic acids is 1. The van der Waals surface area contributed by atoms with Crippen molar-refractivity contribution in [3.63, 3.8) is 0 Å². The molecule has 3 aromatic rings. The highest BCUT2D eigenvalue weighted by atomic mass is 16.5. The van der Waals surface area contributed by atoms with E-state index in [1.807, 2.05) is 89.2 Å². The van der Waals surface area contributed by atoms with E-state index in [9.17, 15) is 9.59 Å². The van der Waals surface area contributed by atoms with Gasteiger partial charge in [0.15, 0.2) is 0 Å². The van der Waals surface area contributed by atoms with Gasteiger partial charge in [-0.25, -0.2) is 9.78 Å². The van der Waals surface area contributed by atoms with Crippen molar-refractivity contribution in [3.05, 3.63) is 64.7 Å². The Labute approximate surface area is 201 Å². The Morgan fingerprint density at radius 3 is 2.32 bits per heavy atom. The Balaban J connectivity index is 2.19. The number of urea groups is 1. The third-order valence-corrected chi connectivity index (χ3v) is 5.50. The fraction of sp³-hybridized carbons (Fsp3) is 0.423. The van der Waals surface area contributed by atoms with Crippen LogP contribution in [0.5, 0.6) is 5.75 Å². The average molecular weight is 466 g/mol. The number of carbonyl (C=O) groups is 1. The van der Waals surface area contributed by atoms with Gasteiger partial charge in [0, 0.05) is 18.6 Å². The lowest BCUT2D eigenvalue weighted by Gasteiger charge is -2.34. The minimum Gasteiger partial charge on any atom is -0.497 e. The lowest BCUT2D eigenvalue weighted by molar-refractivity contribution is 0.160. The van der Waals surface area contributed by atoms with E-state index in [1.165, 1.54) is 0 Å². The molecule has 1 N–H and O–H groups in total. The van der Waals surface area contributed by atoms with Crippen LogP contribution in [0.4, 0.5) is 4.79 Å². The molecular weight excluding hydrogens is 430 g/mol. The van der Waals surface area contributed by atoms with E-state index < -0.39 is 11.6 Å². The van der Waals surface area contributed by atoms with Gasteiger partial charge in [-0.05, 0) is 78.2 Å². The standard InChI is InChI=1S/C26H35N5O3/c1-18(30(17-16-29(5)6)25(33)28-26(2,3)4)23-27-22-11-9-8-10-21(22)24(32)31(23)19-12-14-20(34-7)15-13-19/h8-15,18H,16-17H2,1-7H3,(H,28,33). The Kier molecular flexibility index (Phi) is 7.61. The molecule has 2 amide bonds. The first kappa shape index (κ1) is 25.2. The Morgan fingerprint density at radius 1 is 1.09 bits per heavy atom. The Bertz CT molecular complexity index is 1200. The number of rotatable bonds is 7. The van der Waals surface area contributed by atoms with E-state index in [4.69, 9.17) is 9.72 Å². The maximum atomic E-state index is 13.7. The molecule has 1 unspecified atom stereocenters. The number of amides is 2. The summed E-state index contributed by atoms with van der Waals surface area (Å²) >= 11 is 0. The van der Waals surface area contributed by atoms with Gasteiger partial charge in [0.2, 0.25) is 0 Å². The van der Waals surface area contributed by atoms with Gasteiger partial charge in [-0.2, -0.15) is 0 Å². The van der Waals surface area contributed by atoms with E-state index in [-0.39, 0.29) is 11.6 Å². The van der Waals surface area contributed by atoms with Gasteiger partial charge in [0.1, 0.15) is 11.6 Å². The van der Waals surface area contributed by atoms with Crippen LogP contribution in [0.1, 0.15) is 39.6 Å². The van der Waals surface area contributed by atoms with Crippen LogP contribution >= 0.6 is 0 Å². The number of methoxy groups -OCH3 is 1. The van der Waals surface area contributed by atoms with Gasteiger partial charge in [-0.3, -0.25) is 9.36 Å². The third kappa shape index (κ3) is 5.75. The van der Waals surface area contributed by atoms with E-state index in [0.717, 1.165) is 0 Å². The summed E-state index contributed by atoms with van der Waals surface area (Å²) in [5.74, 6) is 1.19. The molecule has 1 aromatic heterocycles. The van der Waals surface area contributed by atoms with Gasteiger partial charge in [-0.15, -0.1) is 0 Å². The van der Waals surface area contributed by atoms with Crippen molar-refractivity contribution in [2.75, 3.05) is 34.3 Å². The Morgan fingerprint density at radius 2 is 1.74 bits per heavy atom. The van der Waals surface area contributed by atoms with Crippen molar-refractivity contribution in [1.29, 1.82) is 0 Å². The third-order valence-electron chi connectivity index (χ3n) is 5.50. The topological polar surface area (TPSA) is 79.7 Å². The highest BCUT2D eigenvalue weighted by Gasteiger charge is 2.28. The molecule has 0 spiro atoms. The molecule has 0 aliphatic carbocycles. The summed E-state index contributed by atoms with van der Waals surface area (Å²) in [6, 6.07) is 13.9. The summed E-state index contributed by atoms with van der Waals surface area (Å²) in [5.41, 5.74) is 0.679. The lowest BCUT2D eigenvalue weighted by atomic mass is 10.1. The number of fused-ring (bicyclic) bond motifs is 1. The fourth-order valence-corrected chi connectivity index (χ4v) is 3.72. The Hall–Kier alpha value is -3.39. The maximum Gasteiger partial charge on any atom is 0.318 e. The van der Waals surface area contributed by atoms with Crippen LogP contribution in [0.15, 0.2) is 53.3 Å². The number of para-hydroxylation sites is 1. The first-order valence-corrected chi connectivity index (χ1v) is 11.4. The van der Waals surface area contributed by atoms with Gasteiger partial charge in [-0.1, -0.05) is 12.1 Å². The van der Waals surface area contributed by atoms with E-state index in [0.29, 0.717) is 41.3 Å². The molecule has 1 heterocycles. The van der Waals surface area contributed by atoms with Gasteiger partial charge >= 0.3 is 6.03 Å². The minimum atomic E-state index is -0.471. The van der Waals surface area contributed by atoms with Crippen molar-refractivity contribution in [2.24, 2.45) is 0 Å². The fourth-order valence-electron chi connectivity index (χ4n) is 3.72. The van der Waals surface area contributed by atoms with Gasteiger partial charge < -0.3 is 19.9 Å². The van der Waals surface area contributed by atoms with Crippen molar-refractivity contribution < 1.29 is 9.53 Å². The second kappa shape index (κ2) is 10.3. The van der Waals surface area contributed by atoms with Crippen LogP contribution < -0.4 is 15.6 Å². The van der Waals surface area contributed by atoms with E-state index in [1.54, 1.807) is 22.6 Å². The molecule has 0 saturated carbocycles. The number of nitrogens with one attached hydrogen (secondary N) is 1. The number of benzene rings is 2. The second-order valence-electron chi connectivity index (χ2n) is 9.68. The second-order valence-corrected chi connectivity index (χ2v) is 9.68. The molecule has 1 atom stereocenters. The number of hydrogen-bond donors (Lipinski definition) is 1. The summed E-state index contributed by atoms with van der Waals surface area (Å²) in [6.45, 7) is 8.89. The highest BCUT2D eigenvalue weighted by molar-refractivity contribution is 5.78. The normalized spacial score (nSPS) is 12.6. The van der Waals surface area contributed by atoms with E-state index in [2.05, 4.69) is 5.32 Å². The van der Waals surface area contributed by atoms with Gasteiger partial charge in [0.05, 0.1) is 29.7 Å². The van der Waals surface area contributed by atoms with Gasteiger partial charge in [0.25, 0.3) is 5.56 Å². The molecule has 0 aliphatic heterocycles. The summed E-state index contributed by atoms with van der Waals surface area (Å²) in [5, 5.41) is 3.58. The SMILES string of the molecule is COc1ccc(-n2c(C(C)N(CCN(C)C)C(=O)NC(C)(C)C)nc3ccccc3c2=O)cc1.